The number of nitro benzene ring substituents is 1. The summed E-state index contributed by atoms with van der Waals surface area (Å²) in [4.78, 5) is 21.0. The summed E-state index contributed by atoms with van der Waals surface area (Å²) in [6.45, 7) is 4.61. The Balaban J connectivity index is 3.07. The van der Waals surface area contributed by atoms with Gasteiger partial charge in [-0.05, 0) is 32.9 Å². The van der Waals surface area contributed by atoms with Crippen molar-refractivity contribution in [2.75, 3.05) is 0 Å². The highest BCUT2D eigenvalue weighted by molar-refractivity contribution is 8.05. The van der Waals surface area contributed by atoms with Gasteiger partial charge in [-0.1, -0.05) is 0 Å². The normalized spacial score (nSPS) is 11.9. The summed E-state index contributed by atoms with van der Waals surface area (Å²) in [6, 6.07) is 4.02. The van der Waals surface area contributed by atoms with Crippen molar-refractivity contribution in [1.82, 2.24) is 0 Å². The minimum Gasteiger partial charge on any atom is -0.448 e. The molecular weight excluding hydrogens is 274 g/mol. The molecule has 8 heteroatoms. The Morgan fingerprint density at radius 1 is 1.21 bits per heavy atom. The van der Waals surface area contributed by atoms with Crippen LogP contribution in [0.25, 0.3) is 0 Å². The molecule has 7 nitrogen and oxygen atoms in total. The highest BCUT2D eigenvalue weighted by atomic mass is 32.2. The number of nitro groups is 1. The second-order valence-corrected chi connectivity index (χ2v) is 6.53. The SMILES string of the molecule is CC(C)(C)OC(=O)S(=O)(=O)c1ccc([N+](=O)[O-])cc1. The van der Waals surface area contributed by atoms with E-state index in [4.69, 9.17) is 4.74 Å². The number of hydrogen-bond acceptors (Lipinski definition) is 6. The van der Waals surface area contributed by atoms with Crippen LogP contribution in [0.2, 0.25) is 0 Å². The fraction of sp³-hybridized carbons (Fsp3) is 0.364. The van der Waals surface area contributed by atoms with Gasteiger partial charge in [0.15, 0.2) is 0 Å². The minimum atomic E-state index is -4.30. The highest BCUT2D eigenvalue weighted by Gasteiger charge is 2.30. The van der Waals surface area contributed by atoms with E-state index in [9.17, 15) is 23.3 Å². The molecule has 0 radical (unpaired) electrons. The molecule has 0 saturated heterocycles. The molecule has 0 aliphatic heterocycles. The van der Waals surface area contributed by atoms with E-state index in [0.29, 0.717) is 0 Å². The van der Waals surface area contributed by atoms with E-state index < -0.39 is 25.7 Å². The van der Waals surface area contributed by atoms with Gasteiger partial charge in [0.1, 0.15) is 5.60 Å². The predicted octanol–water partition coefficient (Wildman–Crippen LogP) is 2.30. The molecule has 0 unspecified atom stereocenters. The molecule has 1 aromatic carbocycles. The van der Waals surface area contributed by atoms with Crippen LogP contribution in [-0.4, -0.2) is 24.2 Å². The number of carbonyl (C=O) groups is 1. The van der Waals surface area contributed by atoms with Crippen molar-refractivity contribution in [3.63, 3.8) is 0 Å². The maximum absolute atomic E-state index is 11.8. The van der Waals surface area contributed by atoms with Gasteiger partial charge in [-0.25, -0.2) is 13.2 Å². The number of hydrogen-bond donors (Lipinski definition) is 0. The summed E-state index contributed by atoms with van der Waals surface area (Å²) < 4.78 is 28.5. The van der Waals surface area contributed by atoms with Crippen LogP contribution in [0.1, 0.15) is 20.8 Å². The van der Waals surface area contributed by atoms with Gasteiger partial charge in [0.2, 0.25) is 0 Å². The number of rotatable bonds is 2. The molecule has 0 amide bonds. The summed E-state index contributed by atoms with van der Waals surface area (Å²) in [5, 5.41) is 9.07. The molecule has 0 heterocycles. The molecule has 0 saturated carbocycles. The van der Waals surface area contributed by atoms with Crippen LogP contribution < -0.4 is 0 Å². The van der Waals surface area contributed by atoms with E-state index in [2.05, 4.69) is 0 Å². The molecule has 1 rings (SSSR count). The topological polar surface area (TPSA) is 104 Å². The van der Waals surface area contributed by atoms with Crippen LogP contribution in [0.5, 0.6) is 0 Å². The maximum Gasteiger partial charge on any atom is 0.430 e. The number of nitrogens with zero attached hydrogens (tertiary/aromatic N) is 1. The highest BCUT2D eigenvalue weighted by Crippen LogP contribution is 2.20. The predicted molar refractivity (Wildman–Crippen MR) is 66.5 cm³/mol. The average molecular weight is 287 g/mol. The van der Waals surface area contributed by atoms with Crippen LogP contribution in [0, 0.1) is 10.1 Å². The zero-order valence-electron chi connectivity index (χ0n) is 10.6. The van der Waals surface area contributed by atoms with Crippen LogP contribution in [0.15, 0.2) is 29.2 Å². The van der Waals surface area contributed by atoms with Crippen LogP contribution in [-0.2, 0) is 14.6 Å². The van der Waals surface area contributed by atoms with Crippen molar-refractivity contribution >= 4 is 20.8 Å². The van der Waals surface area contributed by atoms with E-state index in [1.54, 1.807) is 0 Å². The number of ether oxygens (including phenoxy) is 1. The van der Waals surface area contributed by atoms with E-state index in [0.717, 1.165) is 24.3 Å². The lowest BCUT2D eigenvalue weighted by molar-refractivity contribution is -0.384. The zero-order valence-corrected chi connectivity index (χ0v) is 11.4. The lowest BCUT2D eigenvalue weighted by atomic mass is 10.2. The van der Waals surface area contributed by atoms with Gasteiger partial charge in [0.05, 0.1) is 9.82 Å². The van der Waals surface area contributed by atoms with Crippen molar-refractivity contribution < 1.29 is 22.9 Å². The number of carbonyl (C=O) groups excluding carboxylic acids is 1. The summed E-state index contributed by atoms with van der Waals surface area (Å²) in [7, 11) is -4.30. The molecule has 0 spiro atoms. The Morgan fingerprint density at radius 3 is 2.05 bits per heavy atom. The molecule has 0 aromatic heterocycles. The Kier molecular flexibility index (Phi) is 3.94. The average Bonchev–Trinajstić information content (AvgIpc) is 2.26. The third-order valence-electron chi connectivity index (χ3n) is 1.97. The van der Waals surface area contributed by atoms with Crippen LogP contribution in [0.3, 0.4) is 0 Å². The lowest BCUT2D eigenvalue weighted by Crippen LogP contribution is -2.28. The van der Waals surface area contributed by atoms with Gasteiger partial charge in [-0.15, -0.1) is 0 Å². The number of sulfone groups is 1. The first kappa shape index (κ1) is 15.1. The smallest absolute Gasteiger partial charge is 0.430 e. The molecular formula is C11H13NO6S. The monoisotopic (exact) mass is 287 g/mol. The zero-order chi connectivity index (χ0) is 14.8. The van der Waals surface area contributed by atoms with Crippen molar-refractivity contribution in [3.05, 3.63) is 34.4 Å². The second-order valence-electron chi connectivity index (χ2n) is 4.72. The Labute approximate surface area is 110 Å². The molecule has 1 aromatic rings. The molecule has 0 fully saturated rings. The second kappa shape index (κ2) is 4.96. The largest absolute Gasteiger partial charge is 0.448 e. The summed E-state index contributed by atoms with van der Waals surface area (Å²) in [5.41, 5.74) is -1.20. The first-order valence-electron chi connectivity index (χ1n) is 5.26. The quantitative estimate of drug-likeness (QED) is 0.469. The summed E-state index contributed by atoms with van der Waals surface area (Å²) in [6.07, 6.45) is 0. The van der Waals surface area contributed by atoms with Crippen molar-refractivity contribution in [2.45, 2.75) is 31.3 Å². The van der Waals surface area contributed by atoms with Gasteiger partial charge < -0.3 is 4.74 Å². The summed E-state index contributed by atoms with van der Waals surface area (Å²) >= 11 is 0. The van der Waals surface area contributed by atoms with Crippen LogP contribution in [0.4, 0.5) is 10.5 Å². The van der Waals surface area contributed by atoms with Gasteiger partial charge >= 0.3 is 5.30 Å². The Bertz CT molecular complexity index is 597. The molecule has 0 bridgehead atoms. The van der Waals surface area contributed by atoms with Gasteiger partial charge in [0, 0.05) is 12.1 Å². The molecule has 0 aliphatic rings. The Hall–Kier alpha value is -1.96. The van der Waals surface area contributed by atoms with Crippen molar-refractivity contribution in [3.8, 4) is 0 Å². The van der Waals surface area contributed by atoms with Gasteiger partial charge in [0.25, 0.3) is 15.5 Å². The van der Waals surface area contributed by atoms with E-state index in [-0.39, 0.29) is 10.6 Å². The molecule has 0 atom stereocenters. The summed E-state index contributed by atoms with van der Waals surface area (Å²) in [5.74, 6) is 0. The maximum atomic E-state index is 11.8. The first-order chi connectivity index (χ1) is 8.54. The fourth-order valence-corrected chi connectivity index (χ4v) is 2.19. The molecule has 0 aliphatic carbocycles. The molecule has 104 valence electrons. The van der Waals surface area contributed by atoms with Gasteiger partial charge in [-0.2, -0.15) is 0 Å². The lowest BCUT2D eigenvalue weighted by Gasteiger charge is -2.19. The molecule has 0 N–H and O–H groups in total. The number of non-ortho nitro benzene ring substituents is 1. The Morgan fingerprint density at radius 2 is 1.68 bits per heavy atom. The van der Waals surface area contributed by atoms with Crippen LogP contribution >= 0.6 is 0 Å². The fourth-order valence-electron chi connectivity index (χ4n) is 1.15. The third-order valence-corrected chi connectivity index (χ3v) is 3.38. The first-order valence-corrected chi connectivity index (χ1v) is 6.75. The van der Waals surface area contributed by atoms with Gasteiger partial charge in [-0.3, -0.25) is 10.1 Å². The van der Waals surface area contributed by atoms with E-state index in [1.165, 1.54) is 20.8 Å². The van der Waals surface area contributed by atoms with Crippen molar-refractivity contribution in [2.24, 2.45) is 0 Å². The number of benzene rings is 1. The standard InChI is InChI=1S/C11H13NO6S/c1-11(2,3)18-10(13)19(16,17)9-6-4-8(5-7-9)12(14)15/h4-7H,1-3H3. The van der Waals surface area contributed by atoms with E-state index >= 15 is 0 Å². The minimum absolute atomic E-state index is 0.261. The van der Waals surface area contributed by atoms with Crippen molar-refractivity contribution in [1.29, 1.82) is 0 Å². The van der Waals surface area contributed by atoms with E-state index in [1.807, 2.05) is 0 Å². The third kappa shape index (κ3) is 3.75. The molecule has 19 heavy (non-hydrogen) atoms.